The fourth-order valence-corrected chi connectivity index (χ4v) is 5.92. The largest absolute Gasteiger partial charge is 0.514 e. The summed E-state index contributed by atoms with van der Waals surface area (Å²) in [6.07, 6.45) is 0.856. The fourth-order valence-electron chi connectivity index (χ4n) is 5.92. The molecule has 3 aromatic carbocycles. The Hall–Kier alpha value is -3.84. The minimum Gasteiger partial charge on any atom is -0.449 e. The molecular formula is C34H41NO6. The summed E-state index contributed by atoms with van der Waals surface area (Å²) in [5.41, 5.74) is 3.69. The zero-order chi connectivity index (χ0) is 29.2. The molecule has 7 nitrogen and oxygen atoms in total. The predicted molar refractivity (Wildman–Crippen MR) is 158 cm³/mol. The molecule has 3 aromatic rings. The average molecular weight is 560 g/mol. The van der Waals surface area contributed by atoms with E-state index in [0.29, 0.717) is 25.2 Å². The Morgan fingerprint density at radius 1 is 0.951 bits per heavy atom. The predicted octanol–water partition coefficient (Wildman–Crippen LogP) is 7.32. The Balaban J connectivity index is 1.51. The van der Waals surface area contributed by atoms with Gasteiger partial charge in [0.15, 0.2) is 0 Å². The van der Waals surface area contributed by atoms with Gasteiger partial charge in [0.05, 0.1) is 18.8 Å². The summed E-state index contributed by atoms with van der Waals surface area (Å²) >= 11 is 0. The number of rotatable bonds is 11. The van der Waals surface area contributed by atoms with Crippen LogP contribution in [0.25, 0.3) is 0 Å². The van der Waals surface area contributed by atoms with Crippen LogP contribution in [0.1, 0.15) is 68.9 Å². The van der Waals surface area contributed by atoms with Gasteiger partial charge in [-0.1, -0.05) is 80.6 Å². The van der Waals surface area contributed by atoms with Crippen LogP contribution < -0.4 is 10.1 Å². The first-order valence-electron chi connectivity index (χ1n) is 14.6. The van der Waals surface area contributed by atoms with Crippen LogP contribution in [0.3, 0.4) is 0 Å². The van der Waals surface area contributed by atoms with E-state index in [4.69, 9.17) is 18.9 Å². The SMILES string of the molecule is CCO[C@H]1Cc2ccc(OC(=O)OC(C)c3ccccc3)cc2C(CC)(CC)[C@@H]1NC(=O)OCCc1ccccc1. The number of amides is 1. The van der Waals surface area contributed by atoms with E-state index >= 15 is 0 Å². The molecule has 1 amide bonds. The minimum absolute atomic E-state index is 0.225. The van der Waals surface area contributed by atoms with E-state index in [1.807, 2.05) is 86.6 Å². The molecule has 4 rings (SSSR count). The molecule has 0 saturated heterocycles. The molecule has 0 spiro atoms. The summed E-state index contributed by atoms with van der Waals surface area (Å²) in [6, 6.07) is 24.8. The molecule has 218 valence electrons. The van der Waals surface area contributed by atoms with Crippen LogP contribution in [0.15, 0.2) is 78.9 Å². The minimum atomic E-state index is -0.764. The molecule has 0 aromatic heterocycles. The number of alkyl carbamates (subject to hydrolysis) is 1. The molecule has 1 N–H and O–H groups in total. The first kappa shape index (κ1) is 30.1. The molecule has 0 radical (unpaired) electrons. The number of ether oxygens (including phenoxy) is 4. The van der Waals surface area contributed by atoms with Gasteiger partial charge in [-0.25, -0.2) is 9.59 Å². The van der Waals surface area contributed by atoms with Crippen molar-refractivity contribution in [2.45, 2.75) is 77.0 Å². The average Bonchev–Trinajstić information content (AvgIpc) is 2.99. The maximum Gasteiger partial charge on any atom is 0.514 e. The monoisotopic (exact) mass is 559 g/mol. The molecular weight excluding hydrogens is 518 g/mol. The van der Waals surface area contributed by atoms with Gasteiger partial charge in [-0.05, 0) is 61.1 Å². The molecule has 3 atom stereocenters. The maximum atomic E-state index is 13.0. The molecule has 0 heterocycles. The topological polar surface area (TPSA) is 83.1 Å². The van der Waals surface area contributed by atoms with Crippen LogP contribution in [0, 0.1) is 0 Å². The van der Waals surface area contributed by atoms with E-state index in [1.54, 1.807) is 6.07 Å². The number of nitrogens with one attached hydrogen (secondary N) is 1. The van der Waals surface area contributed by atoms with Gasteiger partial charge >= 0.3 is 12.2 Å². The van der Waals surface area contributed by atoms with Gasteiger partial charge in [0, 0.05) is 24.9 Å². The van der Waals surface area contributed by atoms with Crippen LogP contribution in [0.2, 0.25) is 0 Å². The number of carbonyl (C=O) groups excluding carboxylic acids is 2. The fraction of sp³-hybridized carbons (Fsp3) is 0.412. The molecule has 0 aliphatic heterocycles. The number of fused-ring (bicyclic) bond motifs is 1. The summed E-state index contributed by atoms with van der Waals surface area (Å²) < 4.78 is 23.0. The van der Waals surface area contributed by atoms with Gasteiger partial charge in [0.2, 0.25) is 0 Å². The smallest absolute Gasteiger partial charge is 0.449 e. The molecule has 1 aliphatic rings. The zero-order valence-corrected chi connectivity index (χ0v) is 24.4. The lowest BCUT2D eigenvalue weighted by Gasteiger charge is -2.48. The van der Waals surface area contributed by atoms with Crippen molar-refractivity contribution >= 4 is 12.2 Å². The molecule has 0 saturated carbocycles. The highest BCUT2D eigenvalue weighted by Crippen LogP contribution is 2.45. The summed E-state index contributed by atoms with van der Waals surface area (Å²) in [5.74, 6) is 0.402. The van der Waals surface area contributed by atoms with Crippen molar-refractivity contribution in [2.75, 3.05) is 13.2 Å². The van der Waals surface area contributed by atoms with Crippen molar-refractivity contribution in [3.05, 3.63) is 101 Å². The van der Waals surface area contributed by atoms with E-state index in [9.17, 15) is 9.59 Å². The van der Waals surface area contributed by atoms with Gasteiger partial charge in [-0.15, -0.1) is 0 Å². The lowest BCUT2D eigenvalue weighted by molar-refractivity contribution is -0.00174. The third-order valence-electron chi connectivity index (χ3n) is 8.13. The lowest BCUT2D eigenvalue weighted by atomic mass is 9.62. The van der Waals surface area contributed by atoms with E-state index in [2.05, 4.69) is 19.2 Å². The van der Waals surface area contributed by atoms with Crippen molar-refractivity contribution in [1.82, 2.24) is 5.32 Å². The van der Waals surface area contributed by atoms with E-state index in [-0.39, 0.29) is 18.8 Å². The van der Waals surface area contributed by atoms with Crippen molar-refractivity contribution in [3.8, 4) is 5.75 Å². The molecule has 0 fully saturated rings. The highest BCUT2D eigenvalue weighted by molar-refractivity contribution is 5.69. The van der Waals surface area contributed by atoms with Crippen LogP contribution in [0.4, 0.5) is 9.59 Å². The summed E-state index contributed by atoms with van der Waals surface area (Å²) in [7, 11) is 0. The second-order valence-corrected chi connectivity index (χ2v) is 10.4. The van der Waals surface area contributed by atoms with Crippen LogP contribution in [0.5, 0.6) is 5.75 Å². The second kappa shape index (κ2) is 14.2. The number of benzene rings is 3. The first-order valence-corrected chi connectivity index (χ1v) is 14.6. The second-order valence-electron chi connectivity index (χ2n) is 10.4. The van der Waals surface area contributed by atoms with Crippen LogP contribution in [-0.2, 0) is 32.5 Å². The third kappa shape index (κ3) is 7.27. The van der Waals surface area contributed by atoms with Crippen molar-refractivity contribution < 1.29 is 28.5 Å². The number of hydrogen-bond donors (Lipinski definition) is 1. The molecule has 7 heteroatoms. The number of hydrogen-bond acceptors (Lipinski definition) is 6. The highest BCUT2D eigenvalue weighted by Gasteiger charge is 2.48. The number of carbonyl (C=O) groups is 2. The Morgan fingerprint density at radius 3 is 2.29 bits per heavy atom. The Kier molecular flexibility index (Phi) is 10.4. The quantitative estimate of drug-likeness (QED) is 0.196. The third-order valence-corrected chi connectivity index (χ3v) is 8.13. The van der Waals surface area contributed by atoms with Crippen molar-refractivity contribution in [3.63, 3.8) is 0 Å². The van der Waals surface area contributed by atoms with Crippen LogP contribution in [-0.4, -0.2) is 37.6 Å². The van der Waals surface area contributed by atoms with Crippen LogP contribution >= 0.6 is 0 Å². The lowest BCUT2D eigenvalue weighted by Crippen LogP contribution is -2.60. The van der Waals surface area contributed by atoms with Crippen molar-refractivity contribution in [1.29, 1.82) is 0 Å². The van der Waals surface area contributed by atoms with Gasteiger partial charge in [-0.2, -0.15) is 0 Å². The Morgan fingerprint density at radius 2 is 1.63 bits per heavy atom. The molecule has 0 bridgehead atoms. The normalized spacial score (nSPS) is 18.0. The summed E-state index contributed by atoms with van der Waals surface area (Å²) in [5, 5.41) is 3.16. The molecule has 41 heavy (non-hydrogen) atoms. The van der Waals surface area contributed by atoms with Crippen molar-refractivity contribution in [2.24, 2.45) is 0 Å². The Bertz CT molecular complexity index is 1270. The highest BCUT2D eigenvalue weighted by atomic mass is 16.7. The van der Waals surface area contributed by atoms with Gasteiger partial charge < -0.3 is 24.3 Å². The standard InChI is InChI=1S/C34H41NO6/c1-5-34(6-2)29-23-28(41-33(37)40-24(4)26-16-12-9-13-17-26)19-18-27(29)22-30(38-7-3)31(34)35-32(36)39-21-20-25-14-10-8-11-15-25/h8-19,23-24,30-31H,5-7,20-22H2,1-4H3,(H,35,36)/t24?,30-,31+/m0/s1. The van der Waals surface area contributed by atoms with Gasteiger partial charge in [0.25, 0.3) is 0 Å². The van der Waals surface area contributed by atoms with Gasteiger partial charge in [0.1, 0.15) is 11.9 Å². The molecule has 1 aliphatic carbocycles. The first-order chi connectivity index (χ1) is 19.9. The van der Waals surface area contributed by atoms with E-state index < -0.39 is 23.8 Å². The Labute approximate surface area is 243 Å². The van der Waals surface area contributed by atoms with E-state index in [0.717, 1.165) is 35.1 Å². The summed E-state index contributed by atoms with van der Waals surface area (Å²) in [4.78, 5) is 25.7. The van der Waals surface area contributed by atoms with Gasteiger partial charge in [-0.3, -0.25) is 0 Å². The zero-order valence-electron chi connectivity index (χ0n) is 24.4. The maximum absolute atomic E-state index is 13.0. The summed E-state index contributed by atoms with van der Waals surface area (Å²) in [6.45, 7) is 8.80. The molecule has 1 unspecified atom stereocenters. The van der Waals surface area contributed by atoms with E-state index in [1.165, 1.54) is 0 Å².